The molecule has 0 atom stereocenters. The molecular formula is C16H15F3N2O3S2. The van der Waals surface area contributed by atoms with Crippen molar-refractivity contribution in [1.82, 2.24) is 9.62 Å². The number of hydrogen-bond donors (Lipinski definition) is 1. The molecule has 26 heavy (non-hydrogen) atoms. The van der Waals surface area contributed by atoms with Crippen LogP contribution in [0.2, 0.25) is 0 Å². The average molecular weight is 404 g/mol. The number of benzene rings is 1. The zero-order chi connectivity index (χ0) is 18.9. The van der Waals surface area contributed by atoms with Crippen molar-refractivity contribution in [3.8, 4) is 0 Å². The third kappa shape index (κ3) is 4.08. The van der Waals surface area contributed by atoms with Crippen LogP contribution in [0.1, 0.15) is 16.0 Å². The number of rotatable bonds is 4. The van der Waals surface area contributed by atoms with Crippen molar-refractivity contribution in [3.05, 3.63) is 51.7 Å². The Morgan fingerprint density at radius 1 is 1.23 bits per heavy atom. The van der Waals surface area contributed by atoms with Gasteiger partial charge in [-0.1, -0.05) is 12.1 Å². The minimum absolute atomic E-state index is 0.0332. The van der Waals surface area contributed by atoms with E-state index in [-0.39, 0.29) is 31.0 Å². The summed E-state index contributed by atoms with van der Waals surface area (Å²) in [4.78, 5) is 12.9. The first-order chi connectivity index (χ1) is 12.2. The molecule has 1 aromatic heterocycles. The third-order valence-electron chi connectivity index (χ3n) is 4.05. The summed E-state index contributed by atoms with van der Waals surface area (Å²) in [5.74, 6) is -1.91. The molecule has 1 aliphatic heterocycles. The van der Waals surface area contributed by atoms with Crippen LogP contribution in [-0.2, 0) is 34.3 Å². The highest BCUT2D eigenvalue weighted by atomic mass is 32.2. The number of alkyl halides is 3. The third-order valence-corrected chi connectivity index (χ3v) is 6.32. The summed E-state index contributed by atoms with van der Waals surface area (Å²) < 4.78 is 65.2. The van der Waals surface area contributed by atoms with Crippen molar-refractivity contribution in [1.29, 1.82) is 0 Å². The monoisotopic (exact) mass is 404 g/mol. The minimum Gasteiger partial charge on any atom is -0.330 e. The number of amides is 1. The van der Waals surface area contributed by atoms with Crippen LogP contribution in [0, 0.1) is 0 Å². The SMILES string of the molecule is O=C(N1CCc2ccc(S(=O)(=O)NCc3cccs3)cc2C1)C(F)(F)F. The zero-order valence-electron chi connectivity index (χ0n) is 13.4. The van der Waals surface area contributed by atoms with Crippen LogP contribution in [0.15, 0.2) is 40.6 Å². The van der Waals surface area contributed by atoms with E-state index in [0.717, 1.165) is 10.4 Å². The van der Waals surface area contributed by atoms with Gasteiger partial charge in [0.2, 0.25) is 10.0 Å². The Kier molecular flexibility index (Phi) is 5.09. The standard InChI is InChI=1S/C16H15F3N2O3S2/c17-16(18,19)15(22)21-6-5-11-3-4-14(8-12(11)10-21)26(23,24)20-9-13-2-1-7-25-13/h1-4,7-8,20H,5-6,9-10H2. The van der Waals surface area contributed by atoms with Crippen molar-refractivity contribution >= 4 is 27.3 Å². The number of carbonyl (C=O) groups excluding carboxylic acids is 1. The molecule has 0 saturated carbocycles. The second kappa shape index (κ2) is 7.01. The molecular weight excluding hydrogens is 389 g/mol. The molecule has 2 heterocycles. The summed E-state index contributed by atoms with van der Waals surface area (Å²) in [5, 5.41) is 1.83. The van der Waals surface area contributed by atoms with Crippen LogP contribution < -0.4 is 4.72 Å². The predicted octanol–water partition coefficient (Wildman–Crippen LogP) is 2.67. The number of hydrogen-bond acceptors (Lipinski definition) is 4. The average Bonchev–Trinajstić information content (AvgIpc) is 3.11. The van der Waals surface area contributed by atoms with E-state index in [0.29, 0.717) is 10.5 Å². The van der Waals surface area contributed by atoms with Crippen LogP contribution >= 0.6 is 11.3 Å². The summed E-state index contributed by atoms with van der Waals surface area (Å²) in [5.41, 5.74) is 1.15. The lowest BCUT2D eigenvalue weighted by Gasteiger charge is -2.29. The highest BCUT2D eigenvalue weighted by Crippen LogP contribution is 2.26. The molecule has 0 fully saturated rings. The van der Waals surface area contributed by atoms with Crippen LogP contribution in [0.3, 0.4) is 0 Å². The van der Waals surface area contributed by atoms with Crippen molar-refractivity contribution in [3.63, 3.8) is 0 Å². The van der Waals surface area contributed by atoms with E-state index in [4.69, 9.17) is 0 Å². The van der Waals surface area contributed by atoms with Crippen molar-refractivity contribution < 1.29 is 26.4 Å². The predicted molar refractivity (Wildman–Crippen MR) is 90.0 cm³/mol. The molecule has 1 amide bonds. The molecule has 1 aromatic carbocycles. The second-order valence-corrected chi connectivity index (χ2v) is 8.61. The van der Waals surface area contributed by atoms with Gasteiger partial charge in [-0.05, 0) is 41.1 Å². The van der Waals surface area contributed by atoms with Gasteiger partial charge in [-0.15, -0.1) is 11.3 Å². The Morgan fingerprint density at radius 2 is 2.00 bits per heavy atom. The van der Waals surface area contributed by atoms with Crippen molar-refractivity contribution in [2.45, 2.75) is 30.6 Å². The van der Waals surface area contributed by atoms with Crippen LogP contribution in [0.25, 0.3) is 0 Å². The van der Waals surface area contributed by atoms with Crippen LogP contribution in [-0.4, -0.2) is 31.9 Å². The first-order valence-electron chi connectivity index (χ1n) is 7.67. The van der Waals surface area contributed by atoms with Crippen LogP contribution in [0.5, 0.6) is 0 Å². The van der Waals surface area contributed by atoms with Gasteiger partial charge in [-0.3, -0.25) is 4.79 Å². The summed E-state index contributed by atoms with van der Waals surface area (Å²) in [6.45, 7) is -0.175. The molecule has 3 rings (SSSR count). The molecule has 1 N–H and O–H groups in total. The maximum Gasteiger partial charge on any atom is 0.471 e. The topological polar surface area (TPSA) is 66.5 Å². The van der Waals surface area contributed by atoms with Crippen molar-refractivity contribution in [2.75, 3.05) is 6.54 Å². The summed E-state index contributed by atoms with van der Waals surface area (Å²) in [7, 11) is -3.80. The van der Waals surface area contributed by atoms with E-state index in [1.165, 1.54) is 23.5 Å². The Balaban J connectivity index is 1.79. The number of thiophene rings is 1. The maximum atomic E-state index is 12.6. The van der Waals surface area contributed by atoms with Gasteiger partial charge < -0.3 is 4.90 Å². The fraction of sp³-hybridized carbons (Fsp3) is 0.312. The Morgan fingerprint density at radius 3 is 2.65 bits per heavy atom. The molecule has 0 saturated heterocycles. The van der Waals surface area contributed by atoms with Gasteiger partial charge in [-0.2, -0.15) is 13.2 Å². The Bertz CT molecular complexity index is 909. The number of halogens is 3. The fourth-order valence-electron chi connectivity index (χ4n) is 2.72. The highest BCUT2D eigenvalue weighted by Gasteiger charge is 2.43. The second-order valence-electron chi connectivity index (χ2n) is 5.81. The molecule has 0 aliphatic carbocycles. The largest absolute Gasteiger partial charge is 0.471 e. The fourth-order valence-corrected chi connectivity index (χ4v) is 4.51. The van der Waals surface area contributed by atoms with E-state index in [9.17, 15) is 26.4 Å². The summed E-state index contributed by atoms with van der Waals surface area (Å²) >= 11 is 1.41. The van der Waals surface area contributed by atoms with Gasteiger partial charge in [0.1, 0.15) is 0 Å². The molecule has 10 heteroatoms. The molecule has 0 bridgehead atoms. The van der Waals surface area contributed by atoms with E-state index in [1.807, 2.05) is 5.38 Å². The molecule has 0 unspecified atom stereocenters. The van der Waals surface area contributed by atoms with Gasteiger partial charge >= 0.3 is 12.1 Å². The van der Waals surface area contributed by atoms with E-state index >= 15 is 0 Å². The first-order valence-corrected chi connectivity index (χ1v) is 10.0. The van der Waals surface area contributed by atoms with Gasteiger partial charge in [0.15, 0.2) is 0 Å². The lowest BCUT2D eigenvalue weighted by atomic mass is 10.00. The zero-order valence-corrected chi connectivity index (χ0v) is 15.0. The molecule has 140 valence electrons. The Hall–Kier alpha value is -1.91. The molecule has 0 radical (unpaired) electrons. The smallest absolute Gasteiger partial charge is 0.330 e. The number of fused-ring (bicyclic) bond motifs is 1. The lowest BCUT2D eigenvalue weighted by Crippen LogP contribution is -2.43. The number of nitrogens with zero attached hydrogens (tertiary/aromatic N) is 1. The summed E-state index contributed by atoms with van der Waals surface area (Å²) in [6.07, 6.45) is -4.69. The summed E-state index contributed by atoms with van der Waals surface area (Å²) in [6, 6.07) is 7.95. The molecule has 1 aliphatic rings. The maximum absolute atomic E-state index is 12.6. The Labute approximate surface area is 152 Å². The molecule has 0 spiro atoms. The normalized spacial score (nSPS) is 15.0. The number of carbonyl (C=O) groups is 1. The van der Waals surface area contributed by atoms with Crippen molar-refractivity contribution in [2.24, 2.45) is 0 Å². The number of sulfonamides is 1. The molecule has 2 aromatic rings. The van der Waals surface area contributed by atoms with Crippen LogP contribution in [0.4, 0.5) is 13.2 Å². The minimum atomic E-state index is -4.94. The lowest BCUT2D eigenvalue weighted by molar-refractivity contribution is -0.186. The van der Waals surface area contributed by atoms with E-state index in [1.54, 1.807) is 18.2 Å². The van der Waals surface area contributed by atoms with Gasteiger partial charge in [0.05, 0.1) is 4.90 Å². The van der Waals surface area contributed by atoms with E-state index in [2.05, 4.69) is 4.72 Å². The first kappa shape index (κ1) is 18.9. The van der Waals surface area contributed by atoms with Gasteiger partial charge in [0, 0.05) is 24.5 Å². The van der Waals surface area contributed by atoms with Gasteiger partial charge in [0.25, 0.3) is 0 Å². The highest BCUT2D eigenvalue weighted by molar-refractivity contribution is 7.89. The number of nitrogens with one attached hydrogen (secondary N) is 1. The molecule has 5 nitrogen and oxygen atoms in total. The van der Waals surface area contributed by atoms with Gasteiger partial charge in [-0.25, -0.2) is 13.1 Å². The van der Waals surface area contributed by atoms with E-state index < -0.39 is 22.1 Å². The quantitative estimate of drug-likeness (QED) is 0.852.